The lowest BCUT2D eigenvalue weighted by atomic mass is 9.85. The molecule has 1 heterocycles. The maximum atomic E-state index is 4.37. The van der Waals surface area contributed by atoms with Gasteiger partial charge in [-0.2, -0.15) is 0 Å². The van der Waals surface area contributed by atoms with Gasteiger partial charge >= 0.3 is 0 Å². The van der Waals surface area contributed by atoms with Gasteiger partial charge in [-0.1, -0.05) is 51.1 Å². The van der Waals surface area contributed by atoms with Crippen LogP contribution in [0.2, 0.25) is 0 Å². The summed E-state index contributed by atoms with van der Waals surface area (Å²) in [5, 5.41) is 6.96. The van der Waals surface area contributed by atoms with Gasteiger partial charge in [-0.05, 0) is 37.4 Å². The van der Waals surface area contributed by atoms with Gasteiger partial charge in [-0.25, -0.2) is 0 Å². The molecule has 25 heavy (non-hydrogen) atoms. The van der Waals surface area contributed by atoms with Crippen LogP contribution in [0.5, 0.6) is 0 Å². The number of rotatable bonds is 7. The summed E-state index contributed by atoms with van der Waals surface area (Å²) in [6.07, 6.45) is 2.72. The molecule has 142 valence electrons. The molecule has 5 heteroatoms. The van der Waals surface area contributed by atoms with Crippen molar-refractivity contribution in [2.45, 2.75) is 39.0 Å². The van der Waals surface area contributed by atoms with E-state index in [4.69, 9.17) is 0 Å². The molecule has 1 aliphatic heterocycles. The van der Waals surface area contributed by atoms with E-state index in [1.54, 1.807) is 0 Å². The van der Waals surface area contributed by atoms with Crippen molar-refractivity contribution in [2.24, 2.45) is 10.9 Å². The van der Waals surface area contributed by atoms with Crippen LogP contribution in [0.3, 0.4) is 0 Å². The first kappa shape index (κ1) is 22.2. The molecule has 1 aliphatic rings. The first-order valence-electron chi connectivity index (χ1n) is 9.23. The van der Waals surface area contributed by atoms with Crippen LogP contribution in [0.25, 0.3) is 0 Å². The van der Waals surface area contributed by atoms with Gasteiger partial charge in [0.25, 0.3) is 0 Å². The molecule has 1 atom stereocenters. The fraction of sp³-hybridized carbons (Fsp3) is 0.650. The number of hydrogen-bond acceptors (Lipinski definition) is 2. The summed E-state index contributed by atoms with van der Waals surface area (Å²) in [5.74, 6) is 1.52. The Hall–Kier alpha value is -0.820. The molecule has 1 aromatic carbocycles. The Labute approximate surface area is 170 Å². The summed E-state index contributed by atoms with van der Waals surface area (Å²) in [5.41, 5.74) is 1.41. The van der Waals surface area contributed by atoms with E-state index in [2.05, 4.69) is 71.6 Å². The third-order valence-electron chi connectivity index (χ3n) is 4.86. The average Bonchev–Trinajstić information content (AvgIpc) is 3.08. The quantitative estimate of drug-likeness (QED) is 0.374. The summed E-state index contributed by atoms with van der Waals surface area (Å²) in [6.45, 7) is 12.4. The summed E-state index contributed by atoms with van der Waals surface area (Å²) >= 11 is 0. The first-order chi connectivity index (χ1) is 11.5. The van der Waals surface area contributed by atoms with E-state index < -0.39 is 0 Å². The third kappa shape index (κ3) is 7.52. The number of hydrogen-bond donors (Lipinski definition) is 2. The minimum Gasteiger partial charge on any atom is -0.356 e. The van der Waals surface area contributed by atoms with E-state index in [1.165, 1.54) is 38.0 Å². The van der Waals surface area contributed by atoms with Crippen LogP contribution in [-0.4, -0.2) is 50.6 Å². The topological polar surface area (TPSA) is 39.7 Å². The number of likely N-dealkylation sites (tertiary alicyclic amines) is 1. The number of benzene rings is 1. The van der Waals surface area contributed by atoms with Crippen LogP contribution < -0.4 is 10.6 Å². The molecule has 1 saturated heterocycles. The lowest BCUT2D eigenvalue weighted by Gasteiger charge is -2.27. The van der Waals surface area contributed by atoms with Crippen LogP contribution in [-0.2, 0) is 5.41 Å². The highest BCUT2D eigenvalue weighted by Crippen LogP contribution is 2.21. The van der Waals surface area contributed by atoms with Crippen molar-refractivity contribution in [2.75, 3.05) is 39.8 Å². The molecular weight excluding hydrogens is 423 g/mol. The average molecular weight is 458 g/mol. The molecule has 1 aromatic rings. The maximum Gasteiger partial charge on any atom is 0.191 e. The SMILES string of the molecule is CN=C(NCC(C)CN1CCCC1)NCC(C)(C)c1ccccc1.I. The Morgan fingerprint density at radius 2 is 1.80 bits per heavy atom. The minimum absolute atomic E-state index is 0. The Bertz CT molecular complexity index is 510. The fourth-order valence-corrected chi connectivity index (χ4v) is 3.26. The Morgan fingerprint density at radius 1 is 1.16 bits per heavy atom. The monoisotopic (exact) mass is 458 g/mol. The van der Waals surface area contributed by atoms with Crippen LogP contribution >= 0.6 is 24.0 Å². The second kappa shape index (κ2) is 11.0. The summed E-state index contributed by atoms with van der Waals surface area (Å²) in [6, 6.07) is 10.6. The zero-order chi connectivity index (χ0) is 17.4. The van der Waals surface area contributed by atoms with Gasteiger partial charge in [0, 0.05) is 32.1 Å². The fourth-order valence-electron chi connectivity index (χ4n) is 3.26. The van der Waals surface area contributed by atoms with Crippen LogP contribution in [0.15, 0.2) is 35.3 Å². The predicted octanol–water partition coefficient (Wildman–Crippen LogP) is 3.48. The smallest absolute Gasteiger partial charge is 0.191 e. The molecule has 0 radical (unpaired) electrons. The second-order valence-corrected chi connectivity index (χ2v) is 7.67. The third-order valence-corrected chi connectivity index (χ3v) is 4.86. The Kier molecular flexibility index (Phi) is 9.79. The van der Waals surface area contributed by atoms with Crippen molar-refractivity contribution in [3.05, 3.63) is 35.9 Å². The summed E-state index contributed by atoms with van der Waals surface area (Å²) in [7, 11) is 1.84. The van der Waals surface area contributed by atoms with Gasteiger partial charge in [0.2, 0.25) is 0 Å². The Balaban J connectivity index is 0.00000312. The van der Waals surface area contributed by atoms with Gasteiger partial charge in [0.05, 0.1) is 0 Å². The number of aliphatic imine (C=N–C) groups is 1. The van der Waals surface area contributed by atoms with E-state index in [-0.39, 0.29) is 29.4 Å². The minimum atomic E-state index is 0. The number of nitrogens with one attached hydrogen (secondary N) is 2. The molecule has 0 aliphatic carbocycles. The number of halogens is 1. The molecule has 0 aromatic heterocycles. The van der Waals surface area contributed by atoms with Gasteiger partial charge < -0.3 is 15.5 Å². The van der Waals surface area contributed by atoms with E-state index >= 15 is 0 Å². The van der Waals surface area contributed by atoms with Gasteiger partial charge in [0.1, 0.15) is 0 Å². The van der Waals surface area contributed by atoms with E-state index in [0.29, 0.717) is 5.92 Å². The predicted molar refractivity (Wildman–Crippen MR) is 119 cm³/mol. The highest BCUT2D eigenvalue weighted by molar-refractivity contribution is 14.0. The molecule has 2 rings (SSSR count). The lowest BCUT2D eigenvalue weighted by Crippen LogP contribution is -2.45. The Morgan fingerprint density at radius 3 is 2.40 bits per heavy atom. The van der Waals surface area contributed by atoms with E-state index in [0.717, 1.165) is 19.0 Å². The van der Waals surface area contributed by atoms with Crippen molar-refractivity contribution in [1.29, 1.82) is 0 Å². The molecule has 0 saturated carbocycles. The van der Waals surface area contributed by atoms with Gasteiger partial charge in [-0.15, -0.1) is 24.0 Å². The van der Waals surface area contributed by atoms with Gasteiger partial charge in [0.15, 0.2) is 5.96 Å². The van der Waals surface area contributed by atoms with Crippen LogP contribution in [0.4, 0.5) is 0 Å². The molecule has 0 bridgehead atoms. The largest absolute Gasteiger partial charge is 0.356 e. The molecule has 0 amide bonds. The molecule has 4 nitrogen and oxygen atoms in total. The molecule has 0 spiro atoms. The lowest BCUT2D eigenvalue weighted by molar-refractivity contribution is 0.287. The highest BCUT2D eigenvalue weighted by Gasteiger charge is 2.21. The van der Waals surface area contributed by atoms with Crippen molar-refractivity contribution < 1.29 is 0 Å². The molecule has 2 N–H and O–H groups in total. The van der Waals surface area contributed by atoms with Crippen molar-refractivity contribution >= 4 is 29.9 Å². The van der Waals surface area contributed by atoms with Crippen molar-refractivity contribution in [3.8, 4) is 0 Å². The summed E-state index contributed by atoms with van der Waals surface area (Å²) < 4.78 is 0. The molecular formula is C20H35IN4. The van der Waals surface area contributed by atoms with Crippen LogP contribution in [0.1, 0.15) is 39.2 Å². The molecule has 1 unspecified atom stereocenters. The van der Waals surface area contributed by atoms with Crippen molar-refractivity contribution in [1.82, 2.24) is 15.5 Å². The first-order valence-corrected chi connectivity index (χ1v) is 9.23. The normalized spacial score (nSPS) is 17.0. The molecule has 1 fully saturated rings. The number of guanidine groups is 1. The van der Waals surface area contributed by atoms with Crippen molar-refractivity contribution in [3.63, 3.8) is 0 Å². The maximum absolute atomic E-state index is 4.37. The summed E-state index contributed by atoms with van der Waals surface area (Å²) in [4.78, 5) is 6.94. The van der Waals surface area contributed by atoms with Gasteiger partial charge in [-0.3, -0.25) is 4.99 Å². The zero-order valence-electron chi connectivity index (χ0n) is 16.2. The number of nitrogens with zero attached hydrogens (tertiary/aromatic N) is 2. The standard InChI is InChI=1S/C20H34N4.HI/c1-17(15-24-12-8-9-13-24)14-22-19(21-4)23-16-20(2,3)18-10-6-5-7-11-18;/h5-7,10-11,17H,8-9,12-16H2,1-4H3,(H2,21,22,23);1H. The van der Waals surface area contributed by atoms with E-state index in [9.17, 15) is 0 Å². The highest BCUT2D eigenvalue weighted by atomic mass is 127. The van der Waals surface area contributed by atoms with E-state index in [1.807, 2.05) is 7.05 Å². The second-order valence-electron chi connectivity index (χ2n) is 7.67. The van der Waals surface area contributed by atoms with Crippen LogP contribution in [0, 0.1) is 5.92 Å². The zero-order valence-corrected chi connectivity index (χ0v) is 18.5.